The standard InChI is InChI=1S/C12H13FN4O2/c13-7-1-2-8-9(5-7)16-12(15-8)17-4-3-14-6-10(17)11(18)19/h1-2,5,10,14H,3-4,6H2,(H,15,16)(H,18,19). The van der Waals surface area contributed by atoms with Gasteiger partial charge in [0.1, 0.15) is 11.9 Å². The van der Waals surface area contributed by atoms with Crippen LogP contribution in [0, 0.1) is 5.82 Å². The minimum absolute atomic E-state index is 0.349. The third-order valence-electron chi connectivity index (χ3n) is 3.23. The Labute approximate surface area is 108 Å². The number of anilines is 1. The maximum atomic E-state index is 13.1. The molecule has 2 aromatic rings. The van der Waals surface area contributed by atoms with Crippen molar-refractivity contribution >= 4 is 23.0 Å². The molecule has 1 saturated heterocycles. The van der Waals surface area contributed by atoms with Gasteiger partial charge in [-0.1, -0.05) is 0 Å². The molecule has 1 aromatic carbocycles. The Morgan fingerprint density at radius 3 is 3.16 bits per heavy atom. The zero-order chi connectivity index (χ0) is 13.4. The molecule has 0 spiro atoms. The summed E-state index contributed by atoms with van der Waals surface area (Å²) in [6, 6.07) is 3.59. The van der Waals surface area contributed by atoms with Gasteiger partial charge in [-0.25, -0.2) is 14.2 Å². The van der Waals surface area contributed by atoms with E-state index in [1.165, 1.54) is 12.1 Å². The Bertz CT molecular complexity index is 627. The fourth-order valence-corrected chi connectivity index (χ4v) is 2.28. The second-order valence-corrected chi connectivity index (χ2v) is 4.47. The number of carboxylic acids is 1. The summed E-state index contributed by atoms with van der Waals surface area (Å²) >= 11 is 0. The fraction of sp³-hybridized carbons (Fsp3) is 0.333. The predicted octanol–water partition coefficient (Wildman–Crippen LogP) is 0.565. The number of benzene rings is 1. The molecule has 3 N–H and O–H groups in total. The van der Waals surface area contributed by atoms with Crippen LogP contribution in [-0.4, -0.2) is 46.7 Å². The molecule has 1 fully saturated rings. The highest BCUT2D eigenvalue weighted by Gasteiger charge is 2.30. The number of rotatable bonds is 2. The van der Waals surface area contributed by atoms with Crippen molar-refractivity contribution in [3.05, 3.63) is 24.0 Å². The summed E-state index contributed by atoms with van der Waals surface area (Å²) in [6.45, 7) is 1.59. The topological polar surface area (TPSA) is 81.2 Å². The molecule has 1 unspecified atom stereocenters. The third kappa shape index (κ3) is 2.12. The van der Waals surface area contributed by atoms with Gasteiger partial charge in [0.25, 0.3) is 0 Å². The summed E-state index contributed by atoms with van der Waals surface area (Å²) in [6.07, 6.45) is 0. The highest BCUT2D eigenvalue weighted by Crippen LogP contribution is 2.20. The smallest absolute Gasteiger partial charge is 0.327 e. The lowest BCUT2D eigenvalue weighted by Crippen LogP contribution is -2.55. The van der Waals surface area contributed by atoms with E-state index in [2.05, 4.69) is 15.3 Å². The van der Waals surface area contributed by atoms with Gasteiger partial charge in [-0.2, -0.15) is 0 Å². The first-order chi connectivity index (χ1) is 9.15. The van der Waals surface area contributed by atoms with Crippen LogP contribution in [0.5, 0.6) is 0 Å². The quantitative estimate of drug-likeness (QED) is 0.738. The Morgan fingerprint density at radius 2 is 2.37 bits per heavy atom. The first-order valence-corrected chi connectivity index (χ1v) is 6.00. The summed E-state index contributed by atoms with van der Waals surface area (Å²) < 4.78 is 13.1. The first kappa shape index (κ1) is 11.9. The Morgan fingerprint density at radius 1 is 1.53 bits per heavy atom. The molecule has 1 aliphatic rings. The number of H-pyrrole nitrogens is 1. The van der Waals surface area contributed by atoms with Gasteiger partial charge < -0.3 is 20.3 Å². The molecule has 1 aliphatic heterocycles. The lowest BCUT2D eigenvalue weighted by molar-refractivity contribution is -0.138. The zero-order valence-electron chi connectivity index (χ0n) is 10.1. The van der Waals surface area contributed by atoms with Crippen LogP contribution in [0.25, 0.3) is 11.0 Å². The average molecular weight is 264 g/mol. The normalized spacial score (nSPS) is 19.8. The molecule has 100 valence electrons. The van der Waals surface area contributed by atoms with Gasteiger partial charge in [-0.3, -0.25) is 0 Å². The number of nitrogens with one attached hydrogen (secondary N) is 2. The molecule has 3 rings (SSSR count). The van der Waals surface area contributed by atoms with Gasteiger partial charge in [0.15, 0.2) is 0 Å². The maximum absolute atomic E-state index is 13.1. The Hall–Kier alpha value is -2.15. The van der Waals surface area contributed by atoms with E-state index in [1.54, 1.807) is 11.0 Å². The molecule has 0 aliphatic carbocycles. The van der Waals surface area contributed by atoms with E-state index in [0.717, 1.165) is 0 Å². The molecule has 1 atom stereocenters. The van der Waals surface area contributed by atoms with Crippen molar-refractivity contribution in [2.45, 2.75) is 6.04 Å². The Kier molecular flexibility index (Phi) is 2.83. The van der Waals surface area contributed by atoms with Crippen LogP contribution in [0.15, 0.2) is 18.2 Å². The van der Waals surface area contributed by atoms with Gasteiger partial charge in [0.2, 0.25) is 5.95 Å². The molecule has 19 heavy (non-hydrogen) atoms. The van der Waals surface area contributed by atoms with Gasteiger partial charge in [0, 0.05) is 19.6 Å². The van der Waals surface area contributed by atoms with Crippen LogP contribution in [-0.2, 0) is 4.79 Å². The van der Waals surface area contributed by atoms with Crippen LogP contribution in [0.1, 0.15) is 0 Å². The molecular formula is C12H13FN4O2. The minimum Gasteiger partial charge on any atom is -0.480 e. The number of fused-ring (bicyclic) bond motifs is 1. The molecule has 0 radical (unpaired) electrons. The second-order valence-electron chi connectivity index (χ2n) is 4.47. The van der Waals surface area contributed by atoms with Crippen molar-refractivity contribution in [1.29, 1.82) is 0 Å². The fourth-order valence-electron chi connectivity index (χ4n) is 2.28. The number of imidazole rings is 1. The number of piperazine rings is 1. The van der Waals surface area contributed by atoms with Crippen molar-refractivity contribution in [1.82, 2.24) is 15.3 Å². The molecule has 7 heteroatoms. The van der Waals surface area contributed by atoms with Crippen molar-refractivity contribution in [3.8, 4) is 0 Å². The minimum atomic E-state index is -0.904. The number of carboxylic acid groups (broad SMARTS) is 1. The first-order valence-electron chi connectivity index (χ1n) is 6.00. The van der Waals surface area contributed by atoms with E-state index < -0.39 is 12.0 Å². The summed E-state index contributed by atoms with van der Waals surface area (Å²) in [7, 11) is 0. The largest absolute Gasteiger partial charge is 0.480 e. The van der Waals surface area contributed by atoms with Crippen molar-refractivity contribution < 1.29 is 14.3 Å². The van der Waals surface area contributed by atoms with Crippen LogP contribution in [0.2, 0.25) is 0 Å². The lowest BCUT2D eigenvalue weighted by atomic mass is 10.2. The van der Waals surface area contributed by atoms with Gasteiger partial charge in [-0.15, -0.1) is 0 Å². The zero-order valence-corrected chi connectivity index (χ0v) is 10.1. The number of carbonyl (C=O) groups is 1. The number of hydrogen-bond donors (Lipinski definition) is 3. The highest BCUT2D eigenvalue weighted by atomic mass is 19.1. The molecule has 6 nitrogen and oxygen atoms in total. The van der Waals surface area contributed by atoms with Crippen LogP contribution >= 0.6 is 0 Å². The van der Waals surface area contributed by atoms with Crippen LogP contribution < -0.4 is 10.2 Å². The molecule has 1 aromatic heterocycles. The highest BCUT2D eigenvalue weighted by molar-refractivity contribution is 5.81. The van der Waals surface area contributed by atoms with E-state index in [-0.39, 0.29) is 5.82 Å². The summed E-state index contributed by atoms with van der Waals surface area (Å²) in [5, 5.41) is 12.2. The number of aromatic nitrogens is 2. The number of nitrogens with zero attached hydrogens (tertiary/aromatic N) is 2. The number of aliphatic carboxylic acids is 1. The van der Waals surface area contributed by atoms with Gasteiger partial charge in [0.05, 0.1) is 11.0 Å². The predicted molar refractivity (Wildman–Crippen MR) is 67.7 cm³/mol. The maximum Gasteiger partial charge on any atom is 0.327 e. The van der Waals surface area contributed by atoms with E-state index in [4.69, 9.17) is 0 Å². The molecular weight excluding hydrogens is 251 g/mol. The average Bonchev–Trinajstić information content (AvgIpc) is 2.81. The number of halogens is 1. The van der Waals surface area contributed by atoms with Crippen LogP contribution in [0.3, 0.4) is 0 Å². The van der Waals surface area contributed by atoms with Gasteiger partial charge in [-0.05, 0) is 18.2 Å². The number of hydrogen-bond acceptors (Lipinski definition) is 4. The van der Waals surface area contributed by atoms with Crippen LogP contribution in [0.4, 0.5) is 10.3 Å². The van der Waals surface area contributed by atoms with Crippen molar-refractivity contribution in [2.75, 3.05) is 24.5 Å². The van der Waals surface area contributed by atoms with Crippen molar-refractivity contribution in [2.24, 2.45) is 0 Å². The molecule has 0 saturated carbocycles. The van der Waals surface area contributed by atoms with Crippen molar-refractivity contribution in [3.63, 3.8) is 0 Å². The van der Waals surface area contributed by atoms with E-state index in [1.807, 2.05) is 0 Å². The monoisotopic (exact) mass is 264 g/mol. The Balaban J connectivity index is 1.99. The van der Waals surface area contributed by atoms with E-state index >= 15 is 0 Å². The molecule has 2 heterocycles. The number of aromatic amines is 1. The molecule has 0 bridgehead atoms. The molecule has 0 amide bonds. The SMILES string of the molecule is O=C(O)C1CNCCN1c1nc2ccc(F)cc2[nH]1. The summed E-state index contributed by atoms with van der Waals surface area (Å²) in [5.74, 6) is -0.786. The van der Waals surface area contributed by atoms with E-state index in [0.29, 0.717) is 36.6 Å². The third-order valence-corrected chi connectivity index (χ3v) is 3.23. The second kappa shape index (κ2) is 4.51. The van der Waals surface area contributed by atoms with E-state index in [9.17, 15) is 14.3 Å². The summed E-state index contributed by atoms with van der Waals surface area (Å²) in [4.78, 5) is 20.2. The van der Waals surface area contributed by atoms with Gasteiger partial charge >= 0.3 is 5.97 Å². The summed E-state index contributed by atoms with van der Waals surface area (Å²) in [5.41, 5.74) is 1.19. The lowest BCUT2D eigenvalue weighted by Gasteiger charge is -2.33.